The number of aryl methyl sites for hydroxylation is 2. The van der Waals surface area contributed by atoms with E-state index in [4.69, 9.17) is 19.3 Å². The summed E-state index contributed by atoms with van der Waals surface area (Å²) in [7, 11) is 3.18. The molecule has 0 unspecified atom stereocenters. The second-order valence-electron chi connectivity index (χ2n) is 5.52. The Bertz CT molecular complexity index is 730. The van der Waals surface area contributed by atoms with Gasteiger partial charge in [0.25, 0.3) is 0 Å². The van der Waals surface area contributed by atoms with Gasteiger partial charge in [-0.25, -0.2) is 9.18 Å². The highest BCUT2D eigenvalue weighted by atomic mass is 19.1. The van der Waals surface area contributed by atoms with Crippen molar-refractivity contribution in [1.82, 2.24) is 0 Å². The van der Waals surface area contributed by atoms with Crippen LogP contribution in [0, 0.1) is 5.82 Å². The molecule has 5 nitrogen and oxygen atoms in total. The maximum atomic E-state index is 13.6. The summed E-state index contributed by atoms with van der Waals surface area (Å²) >= 11 is 0. The second-order valence-corrected chi connectivity index (χ2v) is 5.52. The summed E-state index contributed by atoms with van der Waals surface area (Å²) in [6, 6.07) is 10.0. The van der Waals surface area contributed by atoms with Crippen molar-refractivity contribution >= 4 is 5.97 Å². The van der Waals surface area contributed by atoms with Gasteiger partial charge in [-0.15, -0.1) is 0 Å². The molecule has 2 aromatic carbocycles. The first-order chi connectivity index (χ1) is 12.0. The highest BCUT2D eigenvalue weighted by Crippen LogP contribution is 2.28. The van der Waals surface area contributed by atoms with Crippen LogP contribution in [0.4, 0.5) is 4.39 Å². The lowest BCUT2D eigenvalue weighted by Gasteiger charge is -2.10. The average molecular weight is 348 g/mol. The van der Waals surface area contributed by atoms with Gasteiger partial charge in [-0.3, -0.25) is 0 Å². The van der Waals surface area contributed by atoms with Crippen LogP contribution in [-0.4, -0.2) is 31.9 Å². The van der Waals surface area contributed by atoms with Crippen molar-refractivity contribution < 1.29 is 28.5 Å². The zero-order valence-corrected chi connectivity index (χ0v) is 14.3. The normalized spacial score (nSPS) is 10.4. The van der Waals surface area contributed by atoms with E-state index in [2.05, 4.69) is 0 Å². The number of methoxy groups -OCH3 is 2. The predicted octanol–water partition coefficient (Wildman–Crippen LogP) is 3.48. The van der Waals surface area contributed by atoms with E-state index >= 15 is 0 Å². The van der Waals surface area contributed by atoms with Crippen LogP contribution in [0.15, 0.2) is 36.4 Å². The molecule has 134 valence electrons. The fraction of sp³-hybridized carbons (Fsp3) is 0.316. The van der Waals surface area contributed by atoms with Crippen LogP contribution in [-0.2, 0) is 17.6 Å². The fourth-order valence-electron chi connectivity index (χ4n) is 2.53. The molecule has 0 heterocycles. The summed E-state index contributed by atoms with van der Waals surface area (Å²) in [5.74, 6) is 0.0403. The lowest BCUT2D eigenvalue weighted by atomic mass is 10.0. The van der Waals surface area contributed by atoms with Crippen molar-refractivity contribution in [2.45, 2.75) is 19.3 Å². The molecule has 6 heteroatoms. The summed E-state index contributed by atoms with van der Waals surface area (Å²) in [6.45, 7) is -0.492. The molecule has 0 fully saturated rings. The molecule has 2 rings (SSSR count). The smallest absolute Gasteiger partial charge is 0.341 e. The summed E-state index contributed by atoms with van der Waals surface area (Å²) < 4.78 is 29.2. The number of halogens is 1. The van der Waals surface area contributed by atoms with Crippen LogP contribution < -0.4 is 14.2 Å². The Kier molecular flexibility index (Phi) is 6.62. The lowest BCUT2D eigenvalue weighted by Crippen LogP contribution is -2.09. The summed E-state index contributed by atoms with van der Waals surface area (Å²) in [4.78, 5) is 10.5. The minimum absolute atomic E-state index is 0.225. The highest BCUT2D eigenvalue weighted by molar-refractivity contribution is 5.68. The van der Waals surface area contributed by atoms with E-state index < -0.39 is 18.4 Å². The van der Waals surface area contributed by atoms with Gasteiger partial charge < -0.3 is 19.3 Å². The minimum atomic E-state index is -1.10. The molecule has 0 saturated heterocycles. The van der Waals surface area contributed by atoms with Crippen molar-refractivity contribution in [3.05, 3.63) is 53.3 Å². The molecule has 0 amide bonds. The van der Waals surface area contributed by atoms with E-state index in [0.717, 1.165) is 24.0 Å². The van der Waals surface area contributed by atoms with E-state index in [1.807, 2.05) is 18.2 Å². The quantitative estimate of drug-likeness (QED) is 0.752. The Morgan fingerprint density at radius 1 is 1.00 bits per heavy atom. The third kappa shape index (κ3) is 5.67. The van der Waals surface area contributed by atoms with Gasteiger partial charge in [0, 0.05) is 6.07 Å². The van der Waals surface area contributed by atoms with E-state index in [1.165, 1.54) is 12.1 Å². The number of carbonyl (C=O) groups is 1. The Labute approximate surface area is 146 Å². The Morgan fingerprint density at radius 3 is 2.40 bits per heavy atom. The Hall–Kier alpha value is -2.76. The average Bonchev–Trinajstić information content (AvgIpc) is 2.59. The maximum Gasteiger partial charge on any atom is 0.341 e. The van der Waals surface area contributed by atoms with Gasteiger partial charge in [0.05, 0.1) is 14.2 Å². The van der Waals surface area contributed by atoms with Crippen LogP contribution in [0.25, 0.3) is 0 Å². The number of hydrogen-bond acceptors (Lipinski definition) is 4. The third-order valence-corrected chi connectivity index (χ3v) is 3.67. The van der Waals surface area contributed by atoms with Crippen molar-refractivity contribution in [2.75, 3.05) is 20.8 Å². The van der Waals surface area contributed by atoms with Crippen LogP contribution in [0.1, 0.15) is 17.5 Å². The van der Waals surface area contributed by atoms with Crippen molar-refractivity contribution in [1.29, 1.82) is 0 Å². The zero-order valence-electron chi connectivity index (χ0n) is 14.3. The van der Waals surface area contributed by atoms with Crippen LogP contribution in [0.5, 0.6) is 17.2 Å². The molecular formula is C19H21FO5. The molecule has 0 spiro atoms. The summed E-state index contributed by atoms with van der Waals surface area (Å²) in [6.07, 6.45) is 2.25. The van der Waals surface area contributed by atoms with Gasteiger partial charge in [-0.1, -0.05) is 6.07 Å². The largest absolute Gasteiger partial charge is 0.493 e. The van der Waals surface area contributed by atoms with E-state index in [0.29, 0.717) is 17.9 Å². The molecule has 0 aliphatic carbocycles. The first kappa shape index (κ1) is 18.6. The molecule has 1 N–H and O–H groups in total. The monoisotopic (exact) mass is 348 g/mol. The first-order valence-electron chi connectivity index (χ1n) is 7.87. The van der Waals surface area contributed by atoms with Gasteiger partial charge in [0.15, 0.2) is 18.1 Å². The minimum Gasteiger partial charge on any atom is -0.493 e. The topological polar surface area (TPSA) is 65.0 Å². The van der Waals surface area contributed by atoms with E-state index in [9.17, 15) is 9.18 Å². The highest BCUT2D eigenvalue weighted by Gasteiger charge is 2.07. The van der Waals surface area contributed by atoms with Crippen molar-refractivity contribution in [3.8, 4) is 17.2 Å². The number of hydrogen-bond donors (Lipinski definition) is 1. The Balaban J connectivity index is 1.96. The predicted molar refractivity (Wildman–Crippen MR) is 91.1 cm³/mol. The van der Waals surface area contributed by atoms with E-state index in [-0.39, 0.29) is 5.75 Å². The van der Waals surface area contributed by atoms with E-state index in [1.54, 1.807) is 20.3 Å². The van der Waals surface area contributed by atoms with Crippen LogP contribution in [0.2, 0.25) is 0 Å². The third-order valence-electron chi connectivity index (χ3n) is 3.67. The van der Waals surface area contributed by atoms with Gasteiger partial charge in [-0.05, 0) is 54.7 Å². The molecule has 0 radical (unpaired) electrons. The Morgan fingerprint density at radius 2 is 1.72 bits per heavy atom. The fourth-order valence-corrected chi connectivity index (χ4v) is 2.53. The number of carboxylic acids is 1. The lowest BCUT2D eigenvalue weighted by molar-refractivity contribution is -0.139. The van der Waals surface area contributed by atoms with Gasteiger partial charge in [-0.2, -0.15) is 0 Å². The molecule has 0 aliphatic heterocycles. The molecule has 2 aromatic rings. The first-order valence-corrected chi connectivity index (χ1v) is 7.87. The number of carboxylic acid groups (broad SMARTS) is 1. The van der Waals surface area contributed by atoms with Gasteiger partial charge >= 0.3 is 5.97 Å². The zero-order chi connectivity index (χ0) is 18.2. The standard InChI is InChI=1S/C19H21FO5/c1-23-17-7-6-13(10-18(17)24-2)4-3-5-14-8-15(20)11-16(9-14)25-12-19(21)22/h6-11H,3-5,12H2,1-2H3,(H,21,22). The number of benzene rings is 2. The molecule has 0 aliphatic rings. The van der Waals surface area contributed by atoms with Gasteiger partial charge in [0.1, 0.15) is 11.6 Å². The molecule has 0 bridgehead atoms. The SMILES string of the molecule is COc1ccc(CCCc2cc(F)cc(OCC(=O)O)c2)cc1OC. The summed E-state index contributed by atoms with van der Waals surface area (Å²) in [5.41, 5.74) is 1.86. The molecule has 0 atom stereocenters. The number of rotatable bonds is 9. The summed E-state index contributed by atoms with van der Waals surface area (Å²) in [5, 5.41) is 8.62. The molecular weight excluding hydrogens is 327 g/mol. The second kappa shape index (κ2) is 8.92. The molecule has 25 heavy (non-hydrogen) atoms. The number of ether oxygens (including phenoxy) is 3. The molecule has 0 saturated carbocycles. The van der Waals surface area contributed by atoms with Crippen molar-refractivity contribution in [2.24, 2.45) is 0 Å². The number of aliphatic carboxylic acids is 1. The van der Waals surface area contributed by atoms with Crippen LogP contribution in [0.3, 0.4) is 0 Å². The van der Waals surface area contributed by atoms with Crippen LogP contribution >= 0.6 is 0 Å². The molecule has 0 aromatic heterocycles. The van der Waals surface area contributed by atoms with Gasteiger partial charge in [0.2, 0.25) is 0 Å². The maximum absolute atomic E-state index is 13.6. The van der Waals surface area contributed by atoms with Crippen molar-refractivity contribution in [3.63, 3.8) is 0 Å².